The van der Waals surface area contributed by atoms with Gasteiger partial charge < -0.3 is 10.1 Å². The van der Waals surface area contributed by atoms with Gasteiger partial charge in [-0.1, -0.05) is 23.2 Å². The highest BCUT2D eigenvalue weighted by molar-refractivity contribution is 7.92. The summed E-state index contributed by atoms with van der Waals surface area (Å²) >= 11 is 11.9. The zero-order valence-corrected chi connectivity index (χ0v) is 16.7. The van der Waals surface area contributed by atoms with Crippen molar-refractivity contribution in [2.24, 2.45) is 0 Å². The number of hydrogen-bond donors (Lipinski definition) is 1. The molecule has 0 saturated carbocycles. The molecule has 0 aliphatic heterocycles. The van der Waals surface area contributed by atoms with E-state index in [0.29, 0.717) is 27.2 Å². The first-order valence-corrected chi connectivity index (χ1v) is 10.1. The lowest BCUT2D eigenvalue weighted by Crippen LogP contribution is -2.45. The molecule has 0 aromatic heterocycles. The van der Waals surface area contributed by atoms with Gasteiger partial charge in [-0.05, 0) is 49.4 Å². The van der Waals surface area contributed by atoms with Crippen LogP contribution in [0.3, 0.4) is 0 Å². The number of rotatable bonds is 6. The molecule has 0 unspecified atom stereocenters. The maximum Gasteiger partial charge on any atom is 0.247 e. The highest BCUT2D eigenvalue weighted by Gasteiger charge is 2.29. The summed E-state index contributed by atoms with van der Waals surface area (Å²) in [4.78, 5) is 12.6. The van der Waals surface area contributed by atoms with E-state index in [4.69, 9.17) is 27.9 Å². The lowest BCUT2D eigenvalue weighted by Gasteiger charge is -2.28. The van der Waals surface area contributed by atoms with E-state index in [9.17, 15) is 13.2 Å². The molecule has 26 heavy (non-hydrogen) atoms. The Morgan fingerprint density at radius 1 is 1.15 bits per heavy atom. The normalized spacial score (nSPS) is 12.3. The largest absolute Gasteiger partial charge is 0.495 e. The Morgan fingerprint density at radius 2 is 1.77 bits per heavy atom. The average Bonchev–Trinajstić information content (AvgIpc) is 2.55. The highest BCUT2D eigenvalue weighted by Crippen LogP contribution is 2.28. The van der Waals surface area contributed by atoms with Gasteiger partial charge in [0.05, 0.1) is 24.1 Å². The number of amides is 1. The standard InChI is InChI=1S/C17H18Cl2N2O4S/c1-11(17(22)20-13-6-9-16(25-2)15(19)10-13)21(26(3,23)24)14-7-4-12(18)5-8-14/h4-11H,1-3H3,(H,20,22)/t11-/m1/s1. The number of halogens is 2. The minimum atomic E-state index is -3.70. The molecular weight excluding hydrogens is 399 g/mol. The average molecular weight is 417 g/mol. The molecule has 140 valence electrons. The van der Waals surface area contributed by atoms with Crippen molar-refractivity contribution in [1.29, 1.82) is 0 Å². The monoisotopic (exact) mass is 416 g/mol. The number of carbonyl (C=O) groups is 1. The van der Waals surface area contributed by atoms with Crippen molar-refractivity contribution in [2.45, 2.75) is 13.0 Å². The van der Waals surface area contributed by atoms with E-state index in [1.807, 2.05) is 0 Å². The van der Waals surface area contributed by atoms with E-state index < -0.39 is 22.0 Å². The summed E-state index contributed by atoms with van der Waals surface area (Å²) in [5.74, 6) is -0.0387. The van der Waals surface area contributed by atoms with E-state index in [1.165, 1.54) is 32.2 Å². The summed E-state index contributed by atoms with van der Waals surface area (Å²) in [7, 11) is -2.22. The Balaban J connectivity index is 2.27. The number of carbonyl (C=O) groups excluding carboxylic acids is 1. The van der Waals surface area contributed by atoms with Crippen LogP contribution in [-0.2, 0) is 14.8 Å². The quantitative estimate of drug-likeness (QED) is 0.776. The van der Waals surface area contributed by atoms with Crippen LogP contribution in [0.1, 0.15) is 6.92 Å². The smallest absolute Gasteiger partial charge is 0.247 e. The first kappa shape index (κ1) is 20.4. The molecule has 2 rings (SSSR count). The number of nitrogens with zero attached hydrogens (tertiary/aromatic N) is 1. The third kappa shape index (κ3) is 4.81. The summed E-state index contributed by atoms with van der Waals surface area (Å²) in [6.45, 7) is 1.50. The minimum absolute atomic E-state index is 0.329. The summed E-state index contributed by atoms with van der Waals surface area (Å²) in [5, 5.41) is 3.45. The Hall–Kier alpha value is -1.96. The van der Waals surface area contributed by atoms with Gasteiger partial charge in [-0.15, -0.1) is 0 Å². The second-order valence-corrected chi connectivity index (χ2v) is 8.25. The lowest BCUT2D eigenvalue weighted by atomic mass is 10.2. The number of ether oxygens (including phenoxy) is 1. The van der Waals surface area contributed by atoms with E-state index >= 15 is 0 Å². The zero-order chi connectivity index (χ0) is 19.5. The molecule has 2 aromatic rings. The molecule has 0 saturated heterocycles. The predicted octanol–water partition coefficient (Wildman–Crippen LogP) is 3.80. The molecule has 2 aromatic carbocycles. The first-order valence-electron chi connectivity index (χ1n) is 7.53. The Morgan fingerprint density at radius 3 is 2.27 bits per heavy atom. The summed E-state index contributed by atoms with van der Waals surface area (Å²) < 4.78 is 30.5. The van der Waals surface area contributed by atoms with Crippen molar-refractivity contribution in [2.75, 3.05) is 23.0 Å². The van der Waals surface area contributed by atoms with Crippen molar-refractivity contribution < 1.29 is 17.9 Å². The lowest BCUT2D eigenvalue weighted by molar-refractivity contribution is -0.116. The van der Waals surface area contributed by atoms with E-state index in [2.05, 4.69) is 5.32 Å². The third-order valence-corrected chi connectivity index (χ3v) is 5.38. The van der Waals surface area contributed by atoms with Gasteiger partial charge in [0.2, 0.25) is 15.9 Å². The molecule has 0 aliphatic rings. The number of sulfonamides is 1. The number of anilines is 2. The van der Waals surface area contributed by atoms with Gasteiger partial charge in [-0.25, -0.2) is 8.42 Å². The van der Waals surface area contributed by atoms with Crippen LogP contribution in [0.15, 0.2) is 42.5 Å². The van der Waals surface area contributed by atoms with Crippen LogP contribution in [0.5, 0.6) is 5.75 Å². The van der Waals surface area contributed by atoms with Crippen LogP contribution in [0, 0.1) is 0 Å². The van der Waals surface area contributed by atoms with Gasteiger partial charge in [0.15, 0.2) is 0 Å². The van der Waals surface area contributed by atoms with Crippen molar-refractivity contribution in [3.8, 4) is 5.75 Å². The van der Waals surface area contributed by atoms with E-state index in [1.54, 1.807) is 24.3 Å². The molecule has 1 amide bonds. The molecule has 0 fully saturated rings. The molecule has 1 atom stereocenters. The van der Waals surface area contributed by atoms with Gasteiger partial charge in [0.25, 0.3) is 0 Å². The molecule has 0 spiro atoms. The molecule has 6 nitrogen and oxygen atoms in total. The van der Waals surface area contributed by atoms with E-state index in [-0.39, 0.29) is 0 Å². The van der Waals surface area contributed by atoms with Crippen molar-refractivity contribution >= 4 is 50.5 Å². The third-order valence-electron chi connectivity index (χ3n) is 3.59. The van der Waals surface area contributed by atoms with Gasteiger partial charge in [0.1, 0.15) is 11.8 Å². The Kier molecular flexibility index (Phi) is 6.39. The van der Waals surface area contributed by atoms with Gasteiger partial charge in [0, 0.05) is 10.7 Å². The first-order chi connectivity index (χ1) is 12.1. The van der Waals surface area contributed by atoms with E-state index in [0.717, 1.165) is 10.6 Å². The van der Waals surface area contributed by atoms with Crippen LogP contribution in [0.4, 0.5) is 11.4 Å². The minimum Gasteiger partial charge on any atom is -0.495 e. The summed E-state index contributed by atoms with van der Waals surface area (Å²) in [5.41, 5.74) is 0.768. The van der Waals surface area contributed by atoms with Gasteiger partial charge in [-0.2, -0.15) is 0 Å². The molecule has 0 radical (unpaired) electrons. The topological polar surface area (TPSA) is 75.7 Å². The fraction of sp³-hybridized carbons (Fsp3) is 0.235. The maximum atomic E-state index is 12.6. The van der Waals surface area contributed by atoms with Crippen molar-refractivity contribution in [3.05, 3.63) is 52.5 Å². The zero-order valence-electron chi connectivity index (χ0n) is 14.4. The Labute approximate surface area is 162 Å². The molecule has 0 bridgehead atoms. The Bertz CT molecular complexity index is 901. The van der Waals surface area contributed by atoms with Crippen LogP contribution in [0.25, 0.3) is 0 Å². The molecule has 9 heteroatoms. The number of benzene rings is 2. The second-order valence-electron chi connectivity index (χ2n) is 5.55. The number of hydrogen-bond acceptors (Lipinski definition) is 4. The fourth-order valence-electron chi connectivity index (χ4n) is 2.39. The SMILES string of the molecule is COc1ccc(NC(=O)[C@@H](C)N(c2ccc(Cl)cc2)S(C)(=O)=O)cc1Cl. The highest BCUT2D eigenvalue weighted by atomic mass is 35.5. The van der Waals surface area contributed by atoms with Crippen molar-refractivity contribution in [3.63, 3.8) is 0 Å². The van der Waals surface area contributed by atoms with Gasteiger partial charge >= 0.3 is 0 Å². The van der Waals surface area contributed by atoms with Crippen LogP contribution >= 0.6 is 23.2 Å². The molecule has 1 N–H and O–H groups in total. The summed E-state index contributed by atoms with van der Waals surface area (Å²) in [6.07, 6.45) is 1.04. The number of nitrogens with one attached hydrogen (secondary N) is 1. The van der Waals surface area contributed by atoms with Crippen molar-refractivity contribution in [1.82, 2.24) is 0 Å². The molecular formula is C17H18Cl2N2O4S. The number of methoxy groups -OCH3 is 1. The van der Waals surface area contributed by atoms with Crippen LogP contribution < -0.4 is 14.4 Å². The van der Waals surface area contributed by atoms with Gasteiger partial charge in [-0.3, -0.25) is 9.10 Å². The van der Waals surface area contributed by atoms with Crippen LogP contribution in [0.2, 0.25) is 10.0 Å². The predicted molar refractivity (Wildman–Crippen MR) is 105 cm³/mol. The van der Waals surface area contributed by atoms with Crippen LogP contribution in [-0.4, -0.2) is 33.7 Å². The molecule has 0 aliphatic carbocycles. The summed E-state index contributed by atoms with van der Waals surface area (Å²) in [6, 6.07) is 9.95. The molecule has 0 heterocycles. The maximum absolute atomic E-state index is 12.6. The fourth-order valence-corrected chi connectivity index (χ4v) is 3.95. The second kappa shape index (κ2) is 8.16.